The summed E-state index contributed by atoms with van der Waals surface area (Å²) < 4.78 is 16.6. The van der Waals surface area contributed by atoms with Crippen LogP contribution in [0.4, 0.5) is 4.39 Å². The van der Waals surface area contributed by atoms with Crippen LogP contribution in [0.25, 0.3) is 11.4 Å². The average molecular weight is 464 g/mol. The van der Waals surface area contributed by atoms with Gasteiger partial charge in [0.2, 0.25) is 5.91 Å². The number of likely N-dealkylation sites (N-methyl/N-ethyl adjacent to an activating group) is 1. The molecule has 1 aliphatic heterocycles. The lowest BCUT2D eigenvalue weighted by atomic mass is 9.87. The molecule has 1 aromatic heterocycles. The summed E-state index contributed by atoms with van der Waals surface area (Å²) in [4.78, 5) is 32.4. The lowest BCUT2D eigenvalue weighted by Crippen LogP contribution is -2.47. The Morgan fingerprint density at radius 1 is 1.28 bits per heavy atom. The molecule has 2 heterocycles. The number of fused-ring (bicyclic) bond motifs is 1. The van der Waals surface area contributed by atoms with E-state index in [2.05, 4.69) is 20.5 Å². The third-order valence-corrected chi connectivity index (χ3v) is 5.72. The van der Waals surface area contributed by atoms with E-state index in [9.17, 15) is 14.0 Å². The lowest BCUT2D eigenvalue weighted by Gasteiger charge is -2.25. The molecular weight excluding hydrogens is 433 g/mol. The number of rotatable bonds is 5. The molecule has 3 rings (SSSR count). The van der Waals surface area contributed by atoms with Gasteiger partial charge in [0, 0.05) is 25.2 Å². The standard InChI is InChI=1S/C23H31ClFN5O2/c1-23(2,3)12-17(21(31)26-4)27-22(32)19-18-13-29(5)9-6-10-30(18)20(28-19)15-8-7-14(24)11-16(15)25/h7-8,11,17H,6,9-10,12-13H2,1-5H3,(H,26,31)(H,27,32). The lowest BCUT2D eigenvalue weighted by molar-refractivity contribution is -0.123. The van der Waals surface area contributed by atoms with Crippen LogP contribution in [-0.4, -0.2) is 52.9 Å². The predicted octanol–water partition coefficient (Wildman–Crippen LogP) is 3.46. The molecule has 0 bridgehead atoms. The van der Waals surface area contributed by atoms with Gasteiger partial charge in [-0.3, -0.25) is 9.59 Å². The van der Waals surface area contributed by atoms with Crippen LogP contribution in [0.1, 0.15) is 49.8 Å². The number of halogens is 2. The smallest absolute Gasteiger partial charge is 0.272 e. The maximum atomic E-state index is 14.7. The monoisotopic (exact) mass is 463 g/mol. The van der Waals surface area contributed by atoms with Crippen molar-refractivity contribution < 1.29 is 14.0 Å². The van der Waals surface area contributed by atoms with Gasteiger partial charge < -0.3 is 20.1 Å². The van der Waals surface area contributed by atoms with E-state index in [1.807, 2.05) is 32.4 Å². The summed E-state index contributed by atoms with van der Waals surface area (Å²) in [6.45, 7) is 7.97. The van der Waals surface area contributed by atoms with Crippen LogP contribution in [0.3, 0.4) is 0 Å². The summed E-state index contributed by atoms with van der Waals surface area (Å²) in [5, 5.41) is 5.77. The quantitative estimate of drug-likeness (QED) is 0.711. The zero-order chi connectivity index (χ0) is 23.6. The molecule has 0 saturated heterocycles. The summed E-state index contributed by atoms with van der Waals surface area (Å²) in [6, 6.07) is 3.72. The van der Waals surface area contributed by atoms with Crippen molar-refractivity contribution in [3.05, 3.63) is 40.4 Å². The first-order chi connectivity index (χ1) is 15.0. The van der Waals surface area contributed by atoms with Gasteiger partial charge in [0.05, 0.1) is 11.3 Å². The predicted molar refractivity (Wildman–Crippen MR) is 123 cm³/mol. The summed E-state index contributed by atoms with van der Waals surface area (Å²) in [6.07, 6.45) is 1.31. The van der Waals surface area contributed by atoms with Crippen molar-refractivity contribution in [2.75, 3.05) is 20.6 Å². The Labute approximate surface area is 193 Å². The minimum atomic E-state index is -0.705. The number of nitrogens with one attached hydrogen (secondary N) is 2. The molecule has 0 spiro atoms. The van der Waals surface area contributed by atoms with Crippen LogP contribution >= 0.6 is 11.6 Å². The molecule has 32 heavy (non-hydrogen) atoms. The Bertz CT molecular complexity index is 1010. The Morgan fingerprint density at radius 3 is 2.62 bits per heavy atom. The number of benzene rings is 1. The second-order valence-electron chi connectivity index (χ2n) is 9.50. The molecule has 1 atom stereocenters. The van der Waals surface area contributed by atoms with E-state index in [4.69, 9.17) is 11.6 Å². The number of hydrogen-bond acceptors (Lipinski definition) is 4. The third kappa shape index (κ3) is 5.48. The number of nitrogens with zero attached hydrogens (tertiary/aromatic N) is 3. The van der Waals surface area contributed by atoms with Crippen molar-refractivity contribution in [3.63, 3.8) is 0 Å². The third-order valence-electron chi connectivity index (χ3n) is 5.49. The van der Waals surface area contributed by atoms with Gasteiger partial charge in [-0.25, -0.2) is 9.37 Å². The largest absolute Gasteiger partial charge is 0.357 e. The Balaban J connectivity index is 2.04. The topological polar surface area (TPSA) is 79.3 Å². The van der Waals surface area contributed by atoms with E-state index in [1.54, 1.807) is 19.2 Å². The summed E-state index contributed by atoms with van der Waals surface area (Å²) in [7, 11) is 3.52. The SMILES string of the molecule is CNC(=O)C(CC(C)(C)C)NC(=O)c1nc(-c2ccc(Cl)cc2F)n2c1CN(C)CCC2. The van der Waals surface area contributed by atoms with E-state index in [-0.39, 0.29) is 22.6 Å². The van der Waals surface area contributed by atoms with Gasteiger partial charge in [-0.1, -0.05) is 32.4 Å². The van der Waals surface area contributed by atoms with Crippen LogP contribution in [-0.2, 0) is 17.9 Å². The van der Waals surface area contributed by atoms with Crippen molar-refractivity contribution in [2.45, 2.75) is 52.7 Å². The zero-order valence-electron chi connectivity index (χ0n) is 19.3. The fourth-order valence-electron chi connectivity index (χ4n) is 4.00. The van der Waals surface area contributed by atoms with Gasteiger partial charge in [-0.2, -0.15) is 0 Å². The van der Waals surface area contributed by atoms with Gasteiger partial charge in [0.15, 0.2) is 5.69 Å². The van der Waals surface area contributed by atoms with E-state index < -0.39 is 17.8 Å². The van der Waals surface area contributed by atoms with Crippen LogP contribution in [0.15, 0.2) is 18.2 Å². The molecule has 0 aliphatic carbocycles. The molecule has 7 nitrogen and oxygen atoms in total. The highest BCUT2D eigenvalue weighted by atomic mass is 35.5. The molecular formula is C23H31ClFN5O2. The fraction of sp³-hybridized carbons (Fsp3) is 0.522. The second-order valence-corrected chi connectivity index (χ2v) is 9.94. The highest BCUT2D eigenvalue weighted by Gasteiger charge is 2.31. The van der Waals surface area contributed by atoms with Gasteiger partial charge in [-0.05, 0) is 50.0 Å². The van der Waals surface area contributed by atoms with Gasteiger partial charge >= 0.3 is 0 Å². The van der Waals surface area contributed by atoms with Crippen LogP contribution in [0.2, 0.25) is 5.02 Å². The highest BCUT2D eigenvalue weighted by molar-refractivity contribution is 6.30. The fourth-order valence-corrected chi connectivity index (χ4v) is 4.16. The molecule has 1 aliphatic rings. The van der Waals surface area contributed by atoms with Crippen molar-refractivity contribution in [2.24, 2.45) is 5.41 Å². The van der Waals surface area contributed by atoms with E-state index in [0.717, 1.165) is 13.0 Å². The van der Waals surface area contributed by atoms with E-state index in [1.165, 1.54) is 6.07 Å². The van der Waals surface area contributed by atoms with Gasteiger partial charge in [-0.15, -0.1) is 0 Å². The molecule has 1 unspecified atom stereocenters. The maximum absolute atomic E-state index is 14.7. The first-order valence-corrected chi connectivity index (χ1v) is 11.1. The van der Waals surface area contributed by atoms with Crippen molar-refractivity contribution >= 4 is 23.4 Å². The van der Waals surface area contributed by atoms with Crippen molar-refractivity contribution in [1.82, 2.24) is 25.1 Å². The Kier molecular flexibility index (Phi) is 7.25. The highest BCUT2D eigenvalue weighted by Crippen LogP contribution is 2.29. The van der Waals surface area contributed by atoms with Crippen molar-refractivity contribution in [3.8, 4) is 11.4 Å². The normalized spacial score (nSPS) is 15.6. The summed E-state index contributed by atoms with van der Waals surface area (Å²) >= 11 is 5.93. The maximum Gasteiger partial charge on any atom is 0.272 e. The molecule has 9 heteroatoms. The molecule has 0 saturated carbocycles. The number of carbonyl (C=O) groups excluding carboxylic acids is 2. The first-order valence-electron chi connectivity index (χ1n) is 10.8. The van der Waals surface area contributed by atoms with E-state index >= 15 is 0 Å². The first kappa shape index (κ1) is 24.2. The Morgan fingerprint density at radius 2 is 2.00 bits per heavy atom. The molecule has 0 fully saturated rings. The minimum absolute atomic E-state index is 0.173. The summed E-state index contributed by atoms with van der Waals surface area (Å²) in [5.74, 6) is -0.810. The second kappa shape index (κ2) is 9.58. The zero-order valence-corrected chi connectivity index (χ0v) is 20.0. The van der Waals surface area contributed by atoms with Crippen LogP contribution in [0, 0.1) is 11.2 Å². The molecule has 2 aromatic rings. The summed E-state index contributed by atoms with van der Waals surface area (Å²) in [5.41, 5.74) is 1.04. The van der Waals surface area contributed by atoms with Crippen molar-refractivity contribution in [1.29, 1.82) is 0 Å². The molecule has 174 valence electrons. The number of hydrogen-bond donors (Lipinski definition) is 2. The Hall–Kier alpha value is -2.45. The number of amides is 2. The average Bonchev–Trinajstić information content (AvgIpc) is 2.92. The number of aromatic nitrogens is 2. The van der Waals surface area contributed by atoms with Crippen LogP contribution in [0.5, 0.6) is 0 Å². The molecule has 2 N–H and O–H groups in total. The molecule has 0 radical (unpaired) electrons. The van der Waals surface area contributed by atoms with Crippen LogP contribution < -0.4 is 10.6 Å². The number of imidazole rings is 1. The molecule has 1 aromatic carbocycles. The molecule has 2 amide bonds. The minimum Gasteiger partial charge on any atom is -0.357 e. The van der Waals surface area contributed by atoms with Gasteiger partial charge in [0.25, 0.3) is 5.91 Å². The number of carbonyl (C=O) groups is 2. The van der Waals surface area contributed by atoms with E-state index in [0.29, 0.717) is 36.1 Å². The van der Waals surface area contributed by atoms with Gasteiger partial charge in [0.1, 0.15) is 17.7 Å².